The van der Waals surface area contributed by atoms with Crippen molar-refractivity contribution in [3.8, 4) is 11.5 Å². The zero-order chi connectivity index (χ0) is 50.4. The Hall–Kier alpha value is -4.09. The van der Waals surface area contributed by atoms with Crippen LogP contribution in [0.4, 0.5) is 10.5 Å². The number of hydrogen-bond donors (Lipinski definition) is 3. The number of ether oxygens (including phenoxy) is 16. The molecule has 0 bridgehead atoms. The first-order chi connectivity index (χ1) is 33.6. The van der Waals surface area contributed by atoms with Crippen LogP contribution in [0.3, 0.4) is 0 Å². The Kier molecular flexibility index (Phi) is 41.1. The highest BCUT2D eigenvalue weighted by molar-refractivity contribution is 5.80. The third-order valence-electron chi connectivity index (χ3n) is 8.68. The van der Waals surface area contributed by atoms with Crippen LogP contribution in [-0.2, 0) is 82.5 Å². The van der Waals surface area contributed by atoms with Gasteiger partial charge in [0.15, 0.2) is 11.5 Å². The number of alkyl carbamates (subject to hydrolysis) is 1. The van der Waals surface area contributed by atoms with Crippen LogP contribution < -0.4 is 20.1 Å². The molecule has 1 aromatic carbocycles. The number of nitrogens with zero attached hydrogens (tertiary/aromatic N) is 1. The number of benzene rings is 1. The van der Waals surface area contributed by atoms with Gasteiger partial charge in [0.05, 0.1) is 215 Å². The van der Waals surface area contributed by atoms with Crippen LogP contribution in [-0.4, -0.2) is 226 Å². The molecule has 25 heteroatoms. The van der Waals surface area contributed by atoms with Gasteiger partial charge in [-0.3, -0.25) is 19.7 Å². The van der Waals surface area contributed by atoms with E-state index in [2.05, 4.69) is 10.6 Å². The third-order valence-corrected chi connectivity index (χ3v) is 8.68. The van der Waals surface area contributed by atoms with Gasteiger partial charge in [-0.1, -0.05) is 0 Å². The highest BCUT2D eigenvalue weighted by atomic mass is 16.6. The van der Waals surface area contributed by atoms with Gasteiger partial charge in [0.1, 0.15) is 6.61 Å². The first-order valence-corrected chi connectivity index (χ1v) is 22.9. The van der Waals surface area contributed by atoms with Gasteiger partial charge in [-0.15, -0.1) is 0 Å². The topological polar surface area (TPSA) is 286 Å². The fourth-order valence-corrected chi connectivity index (χ4v) is 5.29. The van der Waals surface area contributed by atoms with E-state index < -0.39 is 17.0 Å². The number of aliphatic carboxylic acids is 1. The Morgan fingerprint density at radius 2 is 0.812 bits per heavy atom. The van der Waals surface area contributed by atoms with E-state index in [9.17, 15) is 24.5 Å². The molecule has 2 atom stereocenters. The van der Waals surface area contributed by atoms with E-state index in [0.717, 1.165) is 0 Å². The Labute approximate surface area is 404 Å². The SMILES string of the molecule is COc1cc(COC(=O)NC(C)COCCOCCOCCOCCOCCOCCOCCOCCOCCOCCOCCOCCOCC(C)NC(=O)CCC(=O)O)c([N+](=O)[O-])cc1OC. The molecule has 0 spiro atoms. The molecule has 1 rings (SSSR count). The van der Waals surface area contributed by atoms with Crippen LogP contribution in [0.5, 0.6) is 11.5 Å². The number of rotatable bonds is 50. The van der Waals surface area contributed by atoms with Crippen LogP contribution in [0.15, 0.2) is 12.1 Å². The number of carbonyl (C=O) groups is 3. The van der Waals surface area contributed by atoms with Gasteiger partial charge < -0.3 is 91.5 Å². The molecule has 0 heterocycles. The van der Waals surface area contributed by atoms with Crippen LogP contribution >= 0.6 is 0 Å². The first-order valence-electron chi connectivity index (χ1n) is 22.9. The van der Waals surface area contributed by atoms with Crippen LogP contribution in [0, 0.1) is 10.1 Å². The maximum absolute atomic E-state index is 12.2. The van der Waals surface area contributed by atoms with Crippen molar-refractivity contribution >= 4 is 23.7 Å². The van der Waals surface area contributed by atoms with Gasteiger partial charge in [-0.25, -0.2) is 4.79 Å². The molecule has 0 aliphatic heterocycles. The molecular formula is C44H77N3O22. The van der Waals surface area contributed by atoms with Crippen molar-refractivity contribution in [2.75, 3.05) is 186 Å². The van der Waals surface area contributed by atoms with Crippen LogP contribution in [0.25, 0.3) is 0 Å². The lowest BCUT2D eigenvalue weighted by Crippen LogP contribution is -2.36. The average Bonchev–Trinajstić information content (AvgIpc) is 3.32. The summed E-state index contributed by atoms with van der Waals surface area (Å²) in [7, 11) is 2.77. The van der Waals surface area contributed by atoms with E-state index in [0.29, 0.717) is 165 Å². The van der Waals surface area contributed by atoms with Crippen molar-refractivity contribution in [2.24, 2.45) is 0 Å². The normalized spacial score (nSPS) is 12.1. The second-order valence-electron chi connectivity index (χ2n) is 14.5. The van der Waals surface area contributed by atoms with Crippen molar-refractivity contribution in [1.82, 2.24) is 10.6 Å². The summed E-state index contributed by atoms with van der Waals surface area (Å²) in [6.07, 6.45) is -1.01. The summed E-state index contributed by atoms with van der Waals surface area (Å²) in [4.78, 5) is 45.1. The van der Waals surface area contributed by atoms with Crippen molar-refractivity contribution in [1.29, 1.82) is 0 Å². The number of carbonyl (C=O) groups excluding carboxylic acids is 2. The Morgan fingerprint density at radius 3 is 1.12 bits per heavy atom. The fourth-order valence-electron chi connectivity index (χ4n) is 5.29. The maximum atomic E-state index is 12.2. The van der Waals surface area contributed by atoms with E-state index in [4.69, 9.17) is 80.9 Å². The number of nitro groups is 1. The summed E-state index contributed by atoms with van der Waals surface area (Å²) in [6, 6.07) is 2.01. The summed E-state index contributed by atoms with van der Waals surface area (Å²) in [6.45, 7) is 13.9. The predicted octanol–water partition coefficient (Wildman–Crippen LogP) is 1.81. The number of methoxy groups -OCH3 is 2. The molecule has 25 nitrogen and oxygen atoms in total. The standard InChI is InChI=1S/C44H77N3O22/c1-36(45-42(48)5-6-43(49)50)33-67-29-27-65-25-23-63-21-19-61-17-15-59-13-11-57-9-7-56-8-10-58-12-14-60-16-18-62-20-22-64-24-26-66-28-30-68-34-37(2)46-44(51)69-35-38-31-40(54-3)41(55-4)32-39(38)47(52)53/h31-32,36-37H,5-30,33-35H2,1-4H3,(H,45,48)(H,46,51)(H,49,50). The number of hydrogen-bond acceptors (Lipinski definition) is 21. The summed E-state index contributed by atoms with van der Waals surface area (Å²) in [5.41, 5.74) is -0.104. The molecule has 3 N–H and O–H groups in total. The van der Waals surface area contributed by atoms with E-state index in [1.807, 2.05) is 0 Å². The minimum atomic E-state index is -1.01. The molecule has 2 unspecified atom stereocenters. The Bertz CT molecular complexity index is 1450. The van der Waals surface area contributed by atoms with Crippen molar-refractivity contribution in [3.05, 3.63) is 27.8 Å². The highest BCUT2D eigenvalue weighted by Crippen LogP contribution is 2.34. The minimum absolute atomic E-state index is 0.0558. The fraction of sp³-hybridized carbons (Fsp3) is 0.795. The minimum Gasteiger partial charge on any atom is -0.493 e. The monoisotopic (exact) mass is 999 g/mol. The molecule has 69 heavy (non-hydrogen) atoms. The van der Waals surface area contributed by atoms with Gasteiger partial charge >= 0.3 is 12.1 Å². The molecule has 0 aromatic heterocycles. The lowest BCUT2D eigenvalue weighted by molar-refractivity contribution is -0.385. The van der Waals surface area contributed by atoms with Gasteiger partial charge in [0, 0.05) is 12.5 Å². The molecule has 0 aliphatic carbocycles. The van der Waals surface area contributed by atoms with Crippen LogP contribution in [0.2, 0.25) is 0 Å². The summed E-state index contributed by atoms with van der Waals surface area (Å²) < 4.78 is 86.7. The molecular weight excluding hydrogens is 922 g/mol. The molecule has 0 saturated heterocycles. The summed E-state index contributed by atoms with van der Waals surface area (Å²) in [5, 5.41) is 25.3. The van der Waals surface area contributed by atoms with E-state index in [-0.39, 0.29) is 66.8 Å². The smallest absolute Gasteiger partial charge is 0.407 e. The zero-order valence-electron chi connectivity index (χ0n) is 40.8. The Balaban J connectivity index is 1.74. The van der Waals surface area contributed by atoms with Gasteiger partial charge in [-0.05, 0) is 19.9 Å². The van der Waals surface area contributed by atoms with Crippen molar-refractivity contribution < 1.29 is 100 Å². The highest BCUT2D eigenvalue weighted by Gasteiger charge is 2.21. The van der Waals surface area contributed by atoms with E-state index in [1.54, 1.807) is 13.8 Å². The summed E-state index contributed by atoms with van der Waals surface area (Å²) >= 11 is 0. The molecule has 0 radical (unpaired) electrons. The number of carboxylic acid groups (broad SMARTS) is 1. The number of nitro benzene ring substituents is 1. The van der Waals surface area contributed by atoms with Crippen molar-refractivity contribution in [3.63, 3.8) is 0 Å². The van der Waals surface area contributed by atoms with Crippen molar-refractivity contribution in [2.45, 2.75) is 45.4 Å². The molecule has 1 aromatic rings. The van der Waals surface area contributed by atoms with Crippen LogP contribution in [0.1, 0.15) is 32.3 Å². The molecule has 2 amide bonds. The largest absolute Gasteiger partial charge is 0.493 e. The molecule has 400 valence electrons. The van der Waals surface area contributed by atoms with Gasteiger partial charge in [-0.2, -0.15) is 0 Å². The number of carboxylic acids is 1. The zero-order valence-corrected chi connectivity index (χ0v) is 40.8. The lowest BCUT2D eigenvalue weighted by Gasteiger charge is -2.15. The Morgan fingerprint density at radius 1 is 0.507 bits per heavy atom. The third kappa shape index (κ3) is 38.4. The number of nitrogens with one attached hydrogen (secondary N) is 2. The number of amides is 2. The second kappa shape index (κ2) is 45.1. The van der Waals surface area contributed by atoms with Gasteiger partial charge in [0.25, 0.3) is 5.69 Å². The molecule has 0 aliphatic rings. The van der Waals surface area contributed by atoms with E-state index in [1.165, 1.54) is 26.4 Å². The second-order valence-corrected chi connectivity index (χ2v) is 14.5. The van der Waals surface area contributed by atoms with Gasteiger partial charge in [0.2, 0.25) is 5.91 Å². The summed E-state index contributed by atoms with van der Waals surface area (Å²) in [5.74, 6) is -0.856. The predicted molar refractivity (Wildman–Crippen MR) is 244 cm³/mol. The van der Waals surface area contributed by atoms with E-state index >= 15 is 0 Å². The quantitative estimate of drug-likeness (QED) is 0.0477. The molecule has 0 saturated carbocycles. The lowest BCUT2D eigenvalue weighted by atomic mass is 10.1. The molecule has 0 fully saturated rings. The maximum Gasteiger partial charge on any atom is 0.407 e. The first kappa shape index (κ1) is 62.9. The average molecular weight is 1000 g/mol.